The largest absolute Gasteiger partial charge is 0.504 e. The Balaban J connectivity index is 2.24. The van der Waals surface area contributed by atoms with E-state index in [0.29, 0.717) is 13.1 Å². The van der Waals surface area contributed by atoms with E-state index in [4.69, 9.17) is 4.74 Å². The van der Waals surface area contributed by atoms with Gasteiger partial charge in [0.15, 0.2) is 11.5 Å². The van der Waals surface area contributed by atoms with Crippen molar-refractivity contribution in [2.45, 2.75) is 12.1 Å². The molecule has 0 radical (unpaired) electrons. The molecule has 0 saturated carbocycles. The summed E-state index contributed by atoms with van der Waals surface area (Å²) in [5.74, 6) is -0.268. The summed E-state index contributed by atoms with van der Waals surface area (Å²) < 4.78 is 4.98. The Kier molecular flexibility index (Phi) is 3.92. The number of phenols is 1. The van der Waals surface area contributed by atoms with Gasteiger partial charge in [0.1, 0.15) is 0 Å². The van der Waals surface area contributed by atoms with Crippen molar-refractivity contribution in [3.8, 4) is 11.5 Å². The van der Waals surface area contributed by atoms with Gasteiger partial charge < -0.3 is 25.2 Å². The third kappa shape index (κ3) is 2.50. The van der Waals surface area contributed by atoms with Gasteiger partial charge in [-0.3, -0.25) is 4.79 Å². The number of hydrogen-bond donors (Lipinski definition) is 3. The Hall–Kier alpha value is -1.79. The first-order valence-electron chi connectivity index (χ1n) is 6.08. The molecule has 1 aliphatic rings. The number of benzene rings is 1. The lowest BCUT2D eigenvalue weighted by atomic mass is 10.1. The minimum Gasteiger partial charge on any atom is -0.504 e. The molecule has 2 atom stereocenters. The summed E-state index contributed by atoms with van der Waals surface area (Å²) in [6, 6.07) is 4.46. The molecule has 1 aromatic rings. The lowest BCUT2D eigenvalue weighted by Crippen LogP contribution is -2.44. The predicted molar refractivity (Wildman–Crippen MR) is 69.4 cm³/mol. The van der Waals surface area contributed by atoms with Crippen LogP contribution in [-0.4, -0.2) is 60.4 Å². The molecule has 104 valence electrons. The van der Waals surface area contributed by atoms with Gasteiger partial charge in [0.05, 0.1) is 24.8 Å². The van der Waals surface area contributed by atoms with Gasteiger partial charge in [-0.1, -0.05) is 6.07 Å². The summed E-state index contributed by atoms with van der Waals surface area (Å²) in [7, 11) is 3.04. The highest BCUT2D eigenvalue weighted by molar-refractivity contribution is 5.97. The van der Waals surface area contributed by atoms with Crippen molar-refractivity contribution in [2.24, 2.45) is 0 Å². The molecular formula is C13H18N2O4. The topological polar surface area (TPSA) is 82.0 Å². The summed E-state index contributed by atoms with van der Waals surface area (Å²) in [5.41, 5.74) is 0.168. The summed E-state index contributed by atoms with van der Waals surface area (Å²) in [6.45, 7) is 1.00. The third-order valence-electron chi connectivity index (χ3n) is 3.42. The number of amides is 1. The van der Waals surface area contributed by atoms with E-state index in [1.807, 2.05) is 0 Å². The van der Waals surface area contributed by atoms with Crippen LogP contribution in [0.3, 0.4) is 0 Å². The maximum atomic E-state index is 12.3. The first-order valence-corrected chi connectivity index (χ1v) is 6.08. The van der Waals surface area contributed by atoms with Crippen molar-refractivity contribution in [1.29, 1.82) is 0 Å². The average Bonchev–Trinajstić information content (AvgIpc) is 2.83. The summed E-state index contributed by atoms with van der Waals surface area (Å²) in [5, 5.41) is 22.8. The van der Waals surface area contributed by atoms with Crippen LogP contribution in [0.4, 0.5) is 0 Å². The van der Waals surface area contributed by atoms with Crippen molar-refractivity contribution in [2.75, 3.05) is 27.2 Å². The minimum absolute atomic E-state index is 0.168. The number of nitrogens with zero attached hydrogens (tertiary/aromatic N) is 1. The molecule has 1 fully saturated rings. The zero-order chi connectivity index (χ0) is 14.0. The number of likely N-dealkylation sites (N-methyl/N-ethyl adjacent to an activating group) is 1. The molecule has 0 spiro atoms. The number of β-amino-alcohol motifs (C(OH)–C–C–N with tert-alkyl or cyclic N) is 1. The molecule has 0 unspecified atom stereocenters. The molecule has 1 amide bonds. The number of aliphatic hydroxyl groups is 1. The quantitative estimate of drug-likeness (QED) is 0.706. The van der Waals surface area contributed by atoms with Crippen LogP contribution in [0.5, 0.6) is 11.5 Å². The number of para-hydroxylation sites is 1. The lowest BCUT2D eigenvalue weighted by molar-refractivity contribution is 0.0578. The van der Waals surface area contributed by atoms with E-state index < -0.39 is 6.10 Å². The zero-order valence-corrected chi connectivity index (χ0v) is 11.0. The molecular weight excluding hydrogens is 248 g/mol. The molecule has 0 bridgehead atoms. The number of phenolic OH excluding ortho intramolecular Hbond substituents is 1. The van der Waals surface area contributed by atoms with E-state index in [-0.39, 0.29) is 29.0 Å². The van der Waals surface area contributed by atoms with Crippen molar-refractivity contribution in [3.63, 3.8) is 0 Å². The van der Waals surface area contributed by atoms with Crippen molar-refractivity contribution in [1.82, 2.24) is 10.2 Å². The average molecular weight is 266 g/mol. The van der Waals surface area contributed by atoms with Gasteiger partial charge in [-0.2, -0.15) is 0 Å². The molecule has 6 heteroatoms. The summed E-state index contributed by atoms with van der Waals surface area (Å²) >= 11 is 0. The number of carbonyl (C=O) groups is 1. The molecule has 0 aliphatic carbocycles. The number of nitrogens with one attached hydrogen (secondary N) is 1. The molecule has 19 heavy (non-hydrogen) atoms. The molecule has 1 aromatic carbocycles. The van der Waals surface area contributed by atoms with Gasteiger partial charge in [-0.05, 0) is 12.1 Å². The van der Waals surface area contributed by atoms with E-state index in [9.17, 15) is 15.0 Å². The van der Waals surface area contributed by atoms with E-state index in [2.05, 4.69) is 5.32 Å². The van der Waals surface area contributed by atoms with Crippen LogP contribution in [0.1, 0.15) is 10.4 Å². The molecule has 0 aromatic heterocycles. The fourth-order valence-electron chi connectivity index (χ4n) is 2.25. The fourth-order valence-corrected chi connectivity index (χ4v) is 2.25. The van der Waals surface area contributed by atoms with Gasteiger partial charge in [0, 0.05) is 20.1 Å². The number of aliphatic hydroxyl groups excluding tert-OH is 1. The number of ether oxygens (including phenoxy) is 1. The van der Waals surface area contributed by atoms with Crippen LogP contribution < -0.4 is 10.1 Å². The maximum absolute atomic E-state index is 12.3. The normalized spacial score (nSPS) is 22.3. The van der Waals surface area contributed by atoms with Crippen LogP contribution in [-0.2, 0) is 0 Å². The molecule has 3 N–H and O–H groups in total. The Morgan fingerprint density at radius 2 is 2.21 bits per heavy atom. The Labute approximate surface area is 111 Å². The second-order valence-corrected chi connectivity index (χ2v) is 4.57. The second kappa shape index (κ2) is 5.46. The Morgan fingerprint density at radius 1 is 1.47 bits per heavy atom. The predicted octanol–water partition coefficient (Wildman–Crippen LogP) is -0.195. The SMILES string of the molecule is COc1cccc(C(=O)N(C)[C@H]2CNC[C@@H]2O)c1O. The van der Waals surface area contributed by atoms with Gasteiger partial charge in [0.2, 0.25) is 0 Å². The minimum atomic E-state index is -0.596. The van der Waals surface area contributed by atoms with Gasteiger partial charge in [-0.25, -0.2) is 0 Å². The Morgan fingerprint density at radius 3 is 2.79 bits per heavy atom. The number of rotatable bonds is 3. The number of methoxy groups -OCH3 is 1. The van der Waals surface area contributed by atoms with Gasteiger partial charge >= 0.3 is 0 Å². The number of aromatic hydroxyl groups is 1. The van der Waals surface area contributed by atoms with E-state index in [1.54, 1.807) is 19.2 Å². The first kappa shape index (κ1) is 13.6. The smallest absolute Gasteiger partial charge is 0.257 e. The molecule has 6 nitrogen and oxygen atoms in total. The summed E-state index contributed by atoms with van der Waals surface area (Å²) in [4.78, 5) is 13.8. The summed E-state index contributed by atoms with van der Waals surface area (Å²) in [6.07, 6.45) is -0.596. The highest BCUT2D eigenvalue weighted by Crippen LogP contribution is 2.30. The van der Waals surface area contributed by atoms with Crippen molar-refractivity contribution < 1.29 is 19.7 Å². The van der Waals surface area contributed by atoms with Crippen LogP contribution >= 0.6 is 0 Å². The van der Waals surface area contributed by atoms with Crippen molar-refractivity contribution in [3.05, 3.63) is 23.8 Å². The monoisotopic (exact) mass is 266 g/mol. The van der Waals surface area contributed by atoms with Crippen LogP contribution in [0, 0.1) is 0 Å². The van der Waals surface area contributed by atoms with E-state index >= 15 is 0 Å². The Bertz CT molecular complexity index is 478. The van der Waals surface area contributed by atoms with Gasteiger partial charge in [-0.15, -0.1) is 0 Å². The molecule has 1 heterocycles. The van der Waals surface area contributed by atoms with Crippen molar-refractivity contribution >= 4 is 5.91 Å². The van der Waals surface area contributed by atoms with Crippen LogP contribution in [0.15, 0.2) is 18.2 Å². The molecule has 2 rings (SSSR count). The number of carbonyl (C=O) groups excluding carboxylic acids is 1. The highest BCUT2D eigenvalue weighted by Gasteiger charge is 2.32. The highest BCUT2D eigenvalue weighted by atomic mass is 16.5. The first-order chi connectivity index (χ1) is 9.06. The molecule has 1 saturated heterocycles. The molecule has 1 aliphatic heterocycles. The number of hydrogen-bond acceptors (Lipinski definition) is 5. The van der Waals surface area contributed by atoms with E-state index in [0.717, 1.165) is 0 Å². The lowest BCUT2D eigenvalue weighted by Gasteiger charge is -2.26. The fraction of sp³-hybridized carbons (Fsp3) is 0.462. The van der Waals surface area contributed by atoms with Crippen LogP contribution in [0.2, 0.25) is 0 Å². The van der Waals surface area contributed by atoms with E-state index in [1.165, 1.54) is 18.1 Å². The standard InChI is InChI=1S/C13H18N2O4/c1-15(9-6-14-7-10(9)16)13(18)8-4-3-5-11(19-2)12(8)17/h3-5,9-10,14,16-17H,6-7H2,1-2H3/t9-,10-/m0/s1. The third-order valence-corrected chi connectivity index (χ3v) is 3.42. The maximum Gasteiger partial charge on any atom is 0.257 e. The van der Waals surface area contributed by atoms with Crippen LogP contribution in [0.25, 0.3) is 0 Å². The van der Waals surface area contributed by atoms with Gasteiger partial charge in [0.25, 0.3) is 5.91 Å². The zero-order valence-electron chi connectivity index (χ0n) is 11.0. The second-order valence-electron chi connectivity index (χ2n) is 4.57.